The Labute approximate surface area is 109 Å². The second-order valence-corrected chi connectivity index (χ2v) is 7.00. The van der Waals surface area contributed by atoms with Crippen LogP contribution in [0.15, 0.2) is 0 Å². The van der Waals surface area contributed by atoms with Crippen molar-refractivity contribution in [2.24, 2.45) is 0 Å². The molecule has 0 bridgehead atoms. The van der Waals surface area contributed by atoms with E-state index in [2.05, 4.69) is 4.90 Å². The molecule has 18 heavy (non-hydrogen) atoms. The van der Waals surface area contributed by atoms with Gasteiger partial charge in [0.05, 0.1) is 31.1 Å². The smallest absolute Gasteiger partial charge is 0.214 e. The Hall–Kier alpha value is -0.210. The Balaban J connectivity index is 1.99. The van der Waals surface area contributed by atoms with E-state index in [1.807, 2.05) is 6.92 Å². The summed E-state index contributed by atoms with van der Waals surface area (Å²) in [4.78, 5) is 2.13. The van der Waals surface area contributed by atoms with E-state index >= 15 is 0 Å². The minimum atomic E-state index is -3.20. The average molecular weight is 278 g/mol. The van der Waals surface area contributed by atoms with E-state index in [1.165, 1.54) is 4.31 Å². The monoisotopic (exact) mass is 278 g/mol. The molecule has 2 aliphatic heterocycles. The molecule has 0 spiro atoms. The molecule has 0 saturated carbocycles. The summed E-state index contributed by atoms with van der Waals surface area (Å²) < 4.78 is 30.7. The van der Waals surface area contributed by atoms with Gasteiger partial charge in [0.25, 0.3) is 0 Å². The zero-order valence-corrected chi connectivity index (χ0v) is 11.6. The zero-order chi connectivity index (χ0) is 13.2. The summed E-state index contributed by atoms with van der Waals surface area (Å²) in [7, 11) is -3.20. The van der Waals surface area contributed by atoms with E-state index in [9.17, 15) is 13.5 Å². The van der Waals surface area contributed by atoms with Crippen molar-refractivity contribution < 1.29 is 18.3 Å². The van der Waals surface area contributed by atoms with E-state index in [0.29, 0.717) is 26.2 Å². The molecule has 2 heterocycles. The molecule has 2 saturated heterocycles. The maximum atomic E-state index is 12.0. The van der Waals surface area contributed by atoms with Gasteiger partial charge in [0, 0.05) is 26.2 Å². The summed E-state index contributed by atoms with van der Waals surface area (Å²) >= 11 is 0. The van der Waals surface area contributed by atoms with Crippen LogP contribution in [0.3, 0.4) is 0 Å². The highest BCUT2D eigenvalue weighted by atomic mass is 32.2. The molecule has 106 valence electrons. The number of ether oxygens (including phenoxy) is 1. The van der Waals surface area contributed by atoms with Crippen molar-refractivity contribution in [3.8, 4) is 0 Å². The summed E-state index contributed by atoms with van der Waals surface area (Å²) in [6.45, 7) is 5.33. The number of rotatable bonds is 4. The lowest BCUT2D eigenvalue weighted by atomic mass is 10.2. The first-order chi connectivity index (χ1) is 8.54. The third-order valence-electron chi connectivity index (χ3n) is 3.60. The minimum absolute atomic E-state index is 0.0828. The number of hydrogen-bond donors (Lipinski definition) is 1. The third-order valence-corrected chi connectivity index (χ3v) is 5.60. The maximum Gasteiger partial charge on any atom is 0.214 e. The fourth-order valence-electron chi connectivity index (χ4n) is 2.62. The lowest BCUT2D eigenvalue weighted by Crippen LogP contribution is -2.49. The normalized spacial score (nSPS) is 31.9. The SMILES string of the molecule is CCCS(=O)(=O)N1C[C@@H](O)[C@H](N2CCOCC2)C1. The molecule has 0 aromatic heterocycles. The topological polar surface area (TPSA) is 70.1 Å². The van der Waals surface area contributed by atoms with E-state index in [-0.39, 0.29) is 18.3 Å². The Morgan fingerprint density at radius 1 is 1.28 bits per heavy atom. The van der Waals surface area contributed by atoms with E-state index in [0.717, 1.165) is 13.1 Å². The number of sulfonamides is 1. The first-order valence-corrected chi connectivity index (χ1v) is 8.13. The van der Waals surface area contributed by atoms with Crippen LogP contribution in [0.1, 0.15) is 13.3 Å². The highest BCUT2D eigenvalue weighted by Gasteiger charge is 2.40. The Morgan fingerprint density at radius 3 is 2.56 bits per heavy atom. The van der Waals surface area contributed by atoms with Gasteiger partial charge in [-0.25, -0.2) is 8.42 Å². The Morgan fingerprint density at radius 2 is 1.94 bits per heavy atom. The molecule has 2 rings (SSSR count). The average Bonchev–Trinajstić information content (AvgIpc) is 2.73. The highest BCUT2D eigenvalue weighted by Crippen LogP contribution is 2.20. The third kappa shape index (κ3) is 3.03. The molecule has 0 radical (unpaired) electrons. The van der Waals surface area contributed by atoms with Gasteiger partial charge >= 0.3 is 0 Å². The van der Waals surface area contributed by atoms with Crippen LogP contribution < -0.4 is 0 Å². The molecule has 2 fully saturated rings. The second kappa shape index (κ2) is 5.83. The fourth-order valence-corrected chi connectivity index (χ4v) is 4.15. The number of morpholine rings is 1. The molecule has 0 amide bonds. The molecule has 1 N–H and O–H groups in total. The van der Waals surface area contributed by atoms with Crippen LogP contribution in [0.4, 0.5) is 0 Å². The van der Waals surface area contributed by atoms with E-state index < -0.39 is 16.1 Å². The summed E-state index contributed by atoms with van der Waals surface area (Å²) in [6.07, 6.45) is 0.0201. The molecule has 6 nitrogen and oxygen atoms in total. The van der Waals surface area contributed by atoms with Crippen molar-refractivity contribution in [2.45, 2.75) is 25.5 Å². The van der Waals surface area contributed by atoms with Gasteiger partial charge < -0.3 is 9.84 Å². The van der Waals surface area contributed by atoms with Crippen molar-refractivity contribution in [1.82, 2.24) is 9.21 Å². The van der Waals surface area contributed by atoms with Crippen molar-refractivity contribution in [3.05, 3.63) is 0 Å². The van der Waals surface area contributed by atoms with Crippen LogP contribution in [0.25, 0.3) is 0 Å². The lowest BCUT2D eigenvalue weighted by Gasteiger charge is -2.33. The number of hydrogen-bond acceptors (Lipinski definition) is 5. The molecular weight excluding hydrogens is 256 g/mol. The van der Waals surface area contributed by atoms with Gasteiger partial charge in [0.15, 0.2) is 0 Å². The first-order valence-electron chi connectivity index (χ1n) is 6.52. The van der Waals surface area contributed by atoms with Gasteiger partial charge in [0.1, 0.15) is 0 Å². The van der Waals surface area contributed by atoms with Crippen molar-refractivity contribution in [1.29, 1.82) is 0 Å². The van der Waals surface area contributed by atoms with Crippen molar-refractivity contribution in [3.63, 3.8) is 0 Å². The fraction of sp³-hybridized carbons (Fsp3) is 1.00. The molecule has 0 aromatic carbocycles. The molecule has 0 aliphatic carbocycles. The van der Waals surface area contributed by atoms with Crippen LogP contribution >= 0.6 is 0 Å². The van der Waals surface area contributed by atoms with Crippen LogP contribution in [0.5, 0.6) is 0 Å². The van der Waals surface area contributed by atoms with Gasteiger partial charge in [-0.3, -0.25) is 4.90 Å². The van der Waals surface area contributed by atoms with Crippen molar-refractivity contribution >= 4 is 10.0 Å². The highest BCUT2D eigenvalue weighted by molar-refractivity contribution is 7.89. The first kappa shape index (κ1) is 14.2. The minimum Gasteiger partial charge on any atom is -0.390 e. The van der Waals surface area contributed by atoms with Crippen LogP contribution in [-0.2, 0) is 14.8 Å². The predicted octanol–water partition coefficient (Wildman–Crippen LogP) is -0.896. The van der Waals surface area contributed by atoms with Crippen LogP contribution in [0, 0.1) is 0 Å². The van der Waals surface area contributed by atoms with Crippen molar-refractivity contribution in [2.75, 3.05) is 45.1 Å². The largest absolute Gasteiger partial charge is 0.390 e. The molecule has 2 aliphatic rings. The van der Waals surface area contributed by atoms with Gasteiger partial charge in [0.2, 0.25) is 10.0 Å². The molecule has 0 unspecified atom stereocenters. The predicted molar refractivity (Wildman–Crippen MR) is 67.8 cm³/mol. The maximum absolute atomic E-state index is 12.0. The molecular formula is C11H22N2O4S. The summed E-state index contributed by atoms with van der Waals surface area (Å²) in [5, 5.41) is 10.1. The number of aliphatic hydroxyl groups excluding tert-OH is 1. The van der Waals surface area contributed by atoms with Crippen LogP contribution in [0.2, 0.25) is 0 Å². The Kier molecular flexibility index (Phi) is 4.60. The Bertz CT molecular complexity index is 367. The summed E-state index contributed by atoms with van der Waals surface area (Å²) in [6, 6.07) is -0.0828. The summed E-state index contributed by atoms with van der Waals surface area (Å²) in [5.74, 6) is 0.162. The van der Waals surface area contributed by atoms with Gasteiger partial charge in [-0.1, -0.05) is 6.92 Å². The van der Waals surface area contributed by atoms with Gasteiger partial charge in [-0.2, -0.15) is 4.31 Å². The summed E-state index contributed by atoms with van der Waals surface area (Å²) in [5.41, 5.74) is 0. The number of nitrogens with zero attached hydrogens (tertiary/aromatic N) is 2. The standard InChI is InChI=1S/C11H22N2O4S/c1-2-7-18(15,16)13-8-10(11(14)9-13)12-3-5-17-6-4-12/h10-11,14H,2-9H2,1H3/t10-,11-/m1/s1. The molecule has 2 atom stereocenters. The van der Waals surface area contributed by atoms with Gasteiger partial charge in [-0.05, 0) is 6.42 Å². The number of aliphatic hydroxyl groups is 1. The molecule has 0 aromatic rings. The van der Waals surface area contributed by atoms with E-state index in [4.69, 9.17) is 4.74 Å². The lowest BCUT2D eigenvalue weighted by molar-refractivity contribution is -0.00602. The number of β-amino-alcohol motifs (C(OH)–C–C–N with tert-alkyl or cyclic N) is 1. The van der Waals surface area contributed by atoms with E-state index in [1.54, 1.807) is 0 Å². The second-order valence-electron chi connectivity index (χ2n) is 4.92. The zero-order valence-electron chi connectivity index (χ0n) is 10.8. The van der Waals surface area contributed by atoms with Gasteiger partial charge in [-0.15, -0.1) is 0 Å². The van der Waals surface area contributed by atoms with Crippen LogP contribution in [-0.4, -0.2) is 80.0 Å². The quantitative estimate of drug-likeness (QED) is 0.722. The molecule has 7 heteroatoms.